The van der Waals surface area contributed by atoms with Crippen molar-refractivity contribution in [2.45, 2.75) is 64.3 Å². The first-order valence-corrected chi connectivity index (χ1v) is 9.46. The number of nitrogens with one attached hydrogen (secondary N) is 1. The van der Waals surface area contributed by atoms with Gasteiger partial charge in [-0.1, -0.05) is 19.3 Å². The minimum absolute atomic E-state index is 0. The van der Waals surface area contributed by atoms with Crippen LogP contribution < -0.4 is 5.32 Å². The molecule has 3 fully saturated rings. The standard InChI is InChI=1S/C18H34N4.HI/c1-3-19-17(22-13-11-18(15-22)9-6-10-18)20-12-14-21(2)16-7-4-5-8-16;/h16H,3-15H2,1-2H3,(H,19,20);1H. The van der Waals surface area contributed by atoms with Crippen LogP contribution in [0.4, 0.5) is 0 Å². The molecule has 1 spiro atoms. The highest BCUT2D eigenvalue weighted by molar-refractivity contribution is 14.0. The van der Waals surface area contributed by atoms with Crippen molar-refractivity contribution in [3.63, 3.8) is 0 Å². The third-order valence-electron chi connectivity index (χ3n) is 6.15. The summed E-state index contributed by atoms with van der Waals surface area (Å²) in [6, 6.07) is 0.808. The molecular formula is C18H35IN4. The Morgan fingerprint density at radius 2 is 1.96 bits per heavy atom. The molecule has 0 radical (unpaired) electrons. The first kappa shape index (κ1) is 19.3. The van der Waals surface area contributed by atoms with Gasteiger partial charge < -0.3 is 15.1 Å². The Morgan fingerprint density at radius 3 is 2.52 bits per heavy atom. The maximum absolute atomic E-state index is 4.92. The molecule has 1 heterocycles. The first-order chi connectivity index (χ1) is 10.7. The minimum Gasteiger partial charge on any atom is -0.357 e. The Labute approximate surface area is 159 Å². The number of halogens is 1. The lowest BCUT2D eigenvalue weighted by Crippen LogP contribution is -2.43. The number of aliphatic imine (C=N–C) groups is 1. The van der Waals surface area contributed by atoms with E-state index in [9.17, 15) is 0 Å². The molecule has 1 aliphatic heterocycles. The van der Waals surface area contributed by atoms with Crippen molar-refractivity contribution in [1.29, 1.82) is 0 Å². The second-order valence-electron chi connectivity index (χ2n) is 7.68. The van der Waals surface area contributed by atoms with Gasteiger partial charge in [-0.15, -0.1) is 24.0 Å². The number of guanidine groups is 1. The van der Waals surface area contributed by atoms with Crippen LogP contribution in [0.3, 0.4) is 0 Å². The molecule has 2 aliphatic carbocycles. The van der Waals surface area contributed by atoms with E-state index in [4.69, 9.17) is 4.99 Å². The highest BCUT2D eigenvalue weighted by Crippen LogP contribution is 2.47. The zero-order valence-electron chi connectivity index (χ0n) is 15.0. The Hall–Kier alpha value is -0.0400. The van der Waals surface area contributed by atoms with Gasteiger partial charge in [0.1, 0.15) is 0 Å². The maximum atomic E-state index is 4.92. The molecule has 3 aliphatic rings. The molecule has 0 unspecified atom stereocenters. The fourth-order valence-corrected chi connectivity index (χ4v) is 4.47. The van der Waals surface area contributed by atoms with Crippen LogP contribution in [0.15, 0.2) is 4.99 Å². The van der Waals surface area contributed by atoms with Crippen molar-refractivity contribution in [3.8, 4) is 0 Å². The Bertz CT molecular complexity index is 388. The van der Waals surface area contributed by atoms with Crippen LogP contribution in [0.5, 0.6) is 0 Å². The molecule has 4 nitrogen and oxygen atoms in total. The van der Waals surface area contributed by atoms with Crippen molar-refractivity contribution in [1.82, 2.24) is 15.1 Å². The van der Waals surface area contributed by atoms with Crippen molar-refractivity contribution in [3.05, 3.63) is 0 Å². The van der Waals surface area contributed by atoms with Crippen LogP contribution in [-0.2, 0) is 0 Å². The quantitative estimate of drug-likeness (QED) is 0.409. The molecule has 0 aromatic heterocycles. The summed E-state index contributed by atoms with van der Waals surface area (Å²) in [5.74, 6) is 1.16. The lowest BCUT2D eigenvalue weighted by atomic mass is 9.68. The smallest absolute Gasteiger partial charge is 0.193 e. The van der Waals surface area contributed by atoms with Gasteiger partial charge in [0.2, 0.25) is 0 Å². The zero-order chi connectivity index (χ0) is 15.4. The highest BCUT2D eigenvalue weighted by Gasteiger charge is 2.43. The molecule has 0 atom stereocenters. The molecule has 2 saturated carbocycles. The molecule has 134 valence electrons. The number of hydrogen-bond donors (Lipinski definition) is 1. The van der Waals surface area contributed by atoms with Crippen LogP contribution in [0, 0.1) is 5.41 Å². The van der Waals surface area contributed by atoms with Crippen molar-refractivity contribution in [2.24, 2.45) is 10.4 Å². The van der Waals surface area contributed by atoms with Crippen LogP contribution in [-0.4, -0.2) is 61.6 Å². The van der Waals surface area contributed by atoms with Crippen LogP contribution in [0.2, 0.25) is 0 Å². The summed E-state index contributed by atoms with van der Waals surface area (Å²) < 4.78 is 0. The predicted octanol–water partition coefficient (Wildman–Crippen LogP) is 3.32. The topological polar surface area (TPSA) is 30.9 Å². The van der Waals surface area contributed by atoms with Crippen molar-refractivity contribution in [2.75, 3.05) is 39.8 Å². The number of hydrogen-bond acceptors (Lipinski definition) is 2. The van der Waals surface area contributed by atoms with E-state index >= 15 is 0 Å². The van der Waals surface area contributed by atoms with Gasteiger partial charge in [0.05, 0.1) is 6.54 Å². The second-order valence-corrected chi connectivity index (χ2v) is 7.68. The number of likely N-dealkylation sites (tertiary alicyclic amines) is 1. The van der Waals surface area contributed by atoms with Crippen molar-refractivity contribution < 1.29 is 0 Å². The SMILES string of the molecule is CCNC(=NCCN(C)C1CCCC1)N1CCC2(CCC2)C1.I. The van der Waals surface area contributed by atoms with Gasteiger partial charge in [0.15, 0.2) is 5.96 Å². The summed E-state index contributed by atoms with van der Waals surface area (Å²) >= 11 is 0. The van der Waals surface area contributed by atoms with E-state index in [2.05, 4.69) is 29.1 Å². The van der Waals surface area contributed by atoms with Crippen LogP contribution in [0.1, 0.15) is 58.3 Å². The Kier molecular flexibility index (Phi) is 7.45. The molecule has 1 N–H and O–H groups in total. The lowest BCUT2D eigenvalue weighted by molar-refractivity contribution is 0.151. The van der Waals surface area contributed by atoms with Gasteiger partial charge in [0.25, 0.3) is 0 Å². The summed E-state index contributed by atoms with van der Waals surface area (Å²) in [5, 5.41) is 3.51. The molecule has 0 bridgehead atoms. The summed E-state index contributed by atoms with van der Waals surface area (Å²) in [6.07, 6.45) is 11.3. The number of rotatable bonds is 5. The first-order valence-electron chi connectivity index (χ1n) is 9.46. The average molecular weight is 434 g/mol. The van der Waals surface area contributed by atoms with E-state index in [1.807, 2.05) is 0 Å². The molecule has 3 rings (SSSR count). The van der Waals surface area contributed by atoms with E-state index in [1.165, 1.54) is 64.5 Å². The van der Waals surface area contributed by atoms with Gasteiger partial charge in [-0.2, -0.15) is 0 Å². The van der Waals surface area contributed by atoms with E-state index in [0.29, 0.717) is 5.41 Å². The molecular weight excluding hydrogens is 399 g/mol. The average Bonchev–Trinajstić information content (AvgIpc) is 3.15. The largest absolute Gasteiger partial charge is 0.357 e. The molecule has 0 amide bonds. The maximum Gasteiger partial charge on any atom is 0.193 e. The summed E-state index contributed by atoms with van der Waals surface area (Å²) in [5.41, 5.74) is 0.650. The number of likely N-dealkylation sites (N-methyl/N-ethyl adjacent to an activating group) is 1. The fraction of sp³-hybridized carbons (Fsp3) is 0.944. The minimum atomic E-state index is 0. The third kappa shape index (κ3) is 4.74. The Morgan fingerprint density at radius 1 is 1.22 bits per heavy atom. The van der Waals surface area contributed by atoms with E-state index in [0.717, 1.165) is 31.6 Å². The van der Waals surface area contributed by atoms with E-state index in [-0.39, 0.29) is 24.0 Å². The normalized spacial score (nSPS) is 24.1. The summed E-state index contributed by atoms with van der Waals surface area (Å²) in [6.45, 7) is 7.61. The molecule has 0 aromatic rings. The van der Waals surface area contributed by atoms with Gasteiger partial charge >= 0.3 is 0 Å². The third-order valence-corrected chi connectivity index (χ3v) is 6.15. The predicted molar refractivity (Wildman–Crippen MR) is 109 cm³/mol. The van der Waals surface area contributed by atoms with Crippen molar-refractivity contribution >= 4 is 29.9 Å². The summed E-state index contributed by atoms with van der Waals surface area (Å²) in [4.78, 5) is 9.96. The monoisotopic (exact) mass is 434 g/mol. The van der Waals surface area contributed by atoms with Gasteiger partial charge in [-0.3, -0.25) is 4.99 Å². The summed E-state index contributed by atoms with van der Waals surface area (Å²) in [7, 11) is 2.28. The molecule has 0 aromatic carbocycles. The molecule has 1 saturated heterocycles. The van der Waals surface area contributed by atoms with Crippen LogP contribution in [0.25, 0.3) is 0 Å². The van der Waals surface area contributed by atoms with Crippen LogP contribution >= 0.6 is 24.0 Å². The van der Waals surface area contributed by atoms with Gasteiger partial charge in [-0.25, -0.2) is 0 Å². The Balaban J connectivity index is 0.00000192. The zero-order valence-corrected chi connectivity index (χ0v) is 17.3. The fourth-order valence-electron chi connectivity index (χ4n) is 4.47. The number of nitrogens with zero attached hydrogens (tertiary/aromatic N) is 3. The lowest BCUT2D eigenvalue weighted by Gasteiger charge is -2.38. The van der Waals surface area contributed by atoms with E-state index in [1.54, 1.807) is 0 Å². The molecule has 23 heavy (non-hydrogen) atoms. The van der Waals surface area contributed by atoms with Gasteiger partial charge in [0, 0.05) is 32.2 Å². The van der Waals surface area contributed by atoms with E-state index < -0.39 is 0 Å². The van der Waals surface area contributed by atoms with Gasteiger partial charge in [-0.05, 0) is 51.5 Å². The highest BCUT2D eigenvalue weighted by atomic mass is 127. The second kappa shape index (κ2) is 8.88. The molecule has 5 heteroatoms.